The van der Waals surface area contributed by atoms with Gasteiger partial charge in [0.2, 0.25) is 5.91 Å². The maximum Gasteiger partial charge on any atom is 0.258 e. The van der Waals surface area contributed by atoms with Crippen molar-refractivity contribution in [3.05, 3.63) is 48.0 Å². The Balaban J connectivity index is 1.68. The van der Waals surface area contributed by atoms with E-state index in [1.165, 1.54) is 11.8 Å². The quantitative estimate of drug-likeness (QED) is 0.843. The molecule has 6 heteroatoms. The van der Waals surface area contributed by atoms with Gasteiger partial charge in [0.1, 0.15) is 5.75 Å². The number of carbonyl (C=O) groups excluding carboxylic acids is 2. The fourth-order valence-corrected chi connectivity index (χ4v) is 4.21. The summed E-state index contributed by atoms with van der Waals surface area (Å²) in [5, 5.41) is 2.87. The van der Waals surface area contributed by atoms with Crippen molar-refractivity contribution < 1.29 is 14.3 Å². The molecule has 1 aliphatic carbocycles. The number of nitrogens with zero attached hydrogens (tertiary/aromatic N) is 1. The summed E-state index contributed by atoms with van der Waals surface area (Å²) in [5.41, 5.74) is 2.16. The van der Waals surface area contributed by atoms with Gasteiger partial charge >= 0.3 is 0 Å². The van der Waals surface area contributed by atoms with E-state index >= 15 is 0 Å². The molecule has 1 heterocycles. The normalized spacial score (nSPS) is 16.9. The number of ether oxygens (including phenoxy) is 1. The van der Waals surface area contributed by atoms with Gasteiger partial charge in [-0.25, -0.2) is 0 Å². The second-order valence-corrected chi connectivity index (χ2v) is 8.02. The molecule has 0 aromatic heterocycles. The Hall–Kier alpha value is -2.47. The predicted octanol–water partition coefficient (Wildman–Crippen LogP) is 4.18. The van der Waals surface area contributed by atoms with E-state index in [-0.39, 0.29) is 17.9 Å². The number of thioether (sulfide) groups is 1. The van der Waals surface area contributed by atoms with E-state index in [1.807, 2.05) is 41.3 Å². The van der Waals surface area contributed by atoms with Crippen LogP contribution in [-0.4, -0.2) is 30.7 Å². The highest BCUT2D eigenvalue weighted by atomic mass is 32.2. The Bertz CT molecular complexity index is 877. The van der Waals surface area contributed by atoms with Crippen LogP contribution in [0.25, 0.3) is 0 Å². The summed E-state index contributed by atoms with van der Waals surface area (Å²) in [6.45, 7) is 2.11. The van der Waals surface area contributed by atoms with Gasteiger partial charge in [-0.05, 0) is 68.1 Å². The molecule has 0 radical (unpaired) electrons. The number of methoxy groups -OCH3 is 1. The monoisotopic (exact) mass is 382 g/mol. The van der Waals surface area contributed by atoms with Crippen molar-refractivity contribution in [3.63, 3.8) is 0 Å². The predicted molar refractivity (Wildman–Crippen MR) is 108 cm³/mol. The third-order valence-corrected chi connectivity index (χ3v) is 6.21. The number of anilines is 2. The summed E-state index contributed by atoms with van der Waals surface area (Å²) >= 11 is 1.50. The fraction of sp³-hybridized carbons (Fsp3) is 0.333. The topological polar surface area (TPSA) is 58.6 Å². The Labute approximate surface area is 163 Å². The number of carbonyl (C=O) groups is 2. The molecule has 0 bridgehead atoms. The second-order valence-electron chi connectivity index (χ2n) is 7.00. The Morgan fingerprint density at radius 3 is 2.63 bits per heavy atom. The summed E-state index contributed by atoms with van der Waals surface area (Å²) in [7, 11) is 1.63. The van der Waals surface area contributed by atoms with Crippen molar-refractivity contribution in [2.45, 2.75) is 30.7 Å². The summed E-state index contributed by atoms with van der Waals surface area (Å²) < 4.78 is 5.24. The zero-order valence-corrected chi connectivity index (χ0v) is 16.2. The van der Waals surface area contributed by atoms with Gasteiger partial charge in [-0.15, -0.1) is 11.8 Å². The van der Waals surface area contributed by atoms with E-state index < -0.39 is 0 Å². The first kappa shape index (κ1) is 17.9. The molecule has 2 aliphatic rings. The van der Waals surface area contributed by atoms with Crippen LogP contribution in [0.4, 0.5) is 11.4 Å². The molecule has 140 valence electrons. The van der Waals surface area contributed by atoms with Crippen LogP contribution >= 0.6 is 11.8 Å². The maximum atomic E-state index is 13.4. The van der Waals surface area contributed by atoms with E-state index in [9.17, 15) is 9.59 Å². The molecule has 2 aromatic carbocycles. The minimum absolute atomic E-state index is 0.0320. The highest BCUT2D eigenvalue weighted by molar-refractivity contribution is 8.00. The van der Waals surface area contributed by atoms with Gasteiger partial charge in [0.15, 0.2) is 0 Å². The van der Waals surface area contributed by atoms with Crippen LogP contribution in [-0.2, 0) is 4.79 Å². The van der Waals surface area contributed by atoms with E-state index in [0.717, 1.165) is 34.9 Å². The van der Waals surface area contributed by atoms with Crippen LogP contribution in [0, 0.1) is 5.92 Å². The van der Waals surface area contributed by atoms with Crippen LogP contribution in [0.3, 0.4) is 0 Å². The van der Waals surface area contributed by atoms with Crippen molar-refractivity contribution in [1.82, 2.24) is 0 Å². The molecule has 2 amide bonds. The Kier molecular flexibility index (Phi) is 4.83. The standard InChI is InChI=1S/C21H22N2O3S/c1-13(14-3-4-14)23(16-6-8-17(26-2)9-7-16)21(25)15-5-10-19-18(11-15)22-20(24)12-27-19/h5-11,13-14H,3-4,12H2,1-2H3,(H,22,24)/t13-/m1/s1. The van der Waals surface area contributed by atoms with Gasteiger partial charge < -0.3 is 15.0 Å². The molecular formula is C21H22N2O3S. The summed E-state index contributed by atoms with van der Waals surface area (Å²) in [5.74, 6) is 1.63. The molecule has 1 N–H and O–H groups in total. The molecule has 27 heavy (non-hydrogen) atoms. The molecular weight excluding hydrogens is 360 g/mol. The molecule has 0 spiro atoms. The lowest BCUT2D eigenvalue weighted by molar-refractivity contribution is -0.113. The molecule has 1 saturated carbocycles. The lowest BCUT2D eigenvalue weighted by atomic mass is 10.1. The maximum absolute atomic E-state index is 13.4. The first-order valence-corrected chi connectivity index (χ1v) is 10.1. The van der Waals surface area contributed by atoms with Crippen molar-refractivity contribution >= 4 is 35.0 Å². The molecule has 0 saturated heterocycles. The van der Waals surface area contributed by atoms with E-state index in [2.05, 4.69) is 12.2 Å². The summed E-state index contributed by atoms with van der Waals surface area (Å²) in [6.07, 6.45) is 2.30. The van der Waals surface area contributed by atoms with Crippen LogP contribution < -0.4 is 15.0 Å². The van der Waals surface area contributed by atoms with Crippen molar-refractivity contribution in [2.24, 2.45) is 5.92 Å². The van der Waals surface area contributed by atoms with Crippen LogP contribution in [0.15, 0.2) is 47.4 Å². The van der Waals surface area contributed by atoms with Crippen LogP contribution in [0.2, 0.25) is 0 Å². The molecule has 2 aromatic rings. The smallest absolute Gasteiger partial charge is 0.258 e. The first-order valence-electron chi connectivity index (χ1n) is 9.11. The summed E-state index contributed by atoms with van der Waals surface area (Å²) in [4.78, 5) is 28.0. The third kappa shape index (κ3) is 3.67. The number of benzene rings is 2. The molecule has 5 nitrogen and oxygen atoms in total. The average Bonchev–Trinajstić information content (AvgIpc) is 3.53. The average molecular weight is 382 g/mol. The zero-order chi connectivity index (χ0) is 19.0. The van der Waals surface area contributed by atoms with E-state index in [0.29, 0.717) is 17.2 Å². The number of amides is 2. The Morgan fingerprint density at radius 2 is 1.96 bits per heavy atom. The molecule has 1 aliphatic heterocycles. The van der Waals surface area contributed by atoms with Gasteiger partial charge in [0.25, 0.3) is 5.91 Å². The number of hydrogen-bond acceptors (Lipinski definition) is 4. The largest absolute Gasteiger partial charge is 0.497 e. The summed E-state index contributed by atoms with van der Waals surface area (Å²) in [6, 6.07) is 13.3. The van der Waals surface area contributed by atoms with Crippen molar-refractivity contribution in [2.75, 3.05) is 23.1 Å². The zero-order valence-electron chi connectivity index (χ0n) is 15.4. The van der Waals surface area contributed by atoms with Crippen LogP contribution in [0.1, 0.15) is 30.1 Å². The lowest BCUT2D eigenvalue weighted by Gasteiger charge is -2.30. The second kappa shape index (κ2) is 7.27. The highest BCUT2D eigenvalue weighted by Gasteiger charge is 2.35. The van der Waals surface area contributed by atoms with Gasteiger partial charge in [0, 0.05) is 22.2 Å². The molecule has 4 rings (SSSR count). The van der Waals surface area contributed by atoms with Crippen molar-refractivity contribution in [3.8, 4) is 5.75 Å². The van der Waals surface area contributed by atoms with E-state index in [4.69, 9.17) is 4.74 Å². The first-order chi connectivity index (χ1) is 13.1. The van der Waals surface area contributed by atoms with Gasteiger partial charge in [-0.3, -0.25) is 9.59 Å². The minimum atomic E-state index is -0.0489. The fourth-order valence-electron chi connectivity index (χ4n) is 3.42. The Morgan fingerprint density at radius 1 is 1.22 bits per heavy atom. The van der Waals surface area contributed by atoms with Crippen molar-refractivity contribution in [1.29, 1.82) is 0 Å². The number of rotatable bonds is 5. The third-order valence-electron chi connectivity index (χ3n) is 5.14. The molecule has 0 unspecified atom stereocenters. The van der Waals surface area contributed by atoms with E-state index in [1.54, 1.807) is 13.2 Å². The molecule has 1 fully saturated rings. The SMILES string of the molecule is COc1ccc(N(C(=O)c2ccc3c(c2)NC(=O)CS3)[C@H](C)C2CC2)cc1. The van der Waals surface area contributed by atoms with Crippen LogP contribution in [0.5, 0.6) is 5.75 Å². The number of fused-ring (bicyclic) bond motifs is 1. The van der Waals surface area contributed by atoms with Gasteiger partial charge in [0.05, 0.1) is 18.6 Å². The molecule has 1 atom stereocenters. The van der Waals surface area contributed by atoms with Gasteiger partial charge in [-0.2, -0.15) is 0 Å². The lowest BCUT2D eigenvalue weighted by Crippen LogP contribution is -2.40. The number of hydrogen-bond donors (Lipinski definition) is 1. The number of nitrogens with one attached hydrogen (secondary N) is 1. The highest BCUT2D eigenvalue weighted by Crippen LogP contribution is 2.38. The minimum Gasteiger partial charge on any atom is -0.497 e. The van der Waals surface area contributed by atoms with Gasteiger partial charge in [-0.1, -0.05) is 0 Å².